The van der Waals surface area contributed by atoms with Gasteiger partial charge in [-0.15, -0.1) is 0 Å². The van der Waals surface area contributed by atoms with Crippen LogP contribution in [0.5, 0.6) is 0 Å². The van der Waals surface area contributed by atoms with Crippen molar-refractivity contribution >= 4 is 23.4 Å². The number of carbonyl (C=O) groups excluding carboxylic acids is 1. The topological polar surface area (TPSA) is 74.2 Å². The van der Waals surface area contributed by atoms with E-state index in [1.165, 1.54) is 0 Å². The van der Waals surface area contributed by atoms with Crippen LogP contribution in [-0.2, 0) is 16.1 Å². The van der Waals surface area contributed by atoms with E-state index in [1.54, 1.807) is 0 Å². The standard InChI is InChI=1S/C21H25N3O3/c1-2-16(19-10-15(11-22-19)12-24-5-7-27-8-6-24)20-17-9-14(13-25)3-4-18(17)23-21(20)26/h3-4,9-11,15,25H,2,5-8,12-13H2,1H3,(H,23,26). The van der Waals surface area contributed by atoms with Gasteiger partial charge in [-0.05, 0) is 35.8 Å². The molecule has 2 N–H and O–H groups in total. The summed E-state index contributed by atoms with van der Waals surface area (Å²) < 4.78 is 5.41. The van der Waals surface area contributed by atoms with E-state index in [-0.39, 0.29) is 18.4 Å². The van der Waals surface area contributed by atoms with Crippen molar-refractivity contribution in [3.63, 3.8) is 0 Å². The Kier molecular flexibility index (Phi) is 5.20. The largest absolute Gasteiger partial charge is 0.392 e. The highest BCUT2D eigenvalue weighted by atomic mass is 16.5. The number of hydrogen-bond donors (Lipinski definition) is 2. The van der Waals surface area contributed by atoms with Crippen molar-refractivity contribution in [1.82, 2.24) is 4.90 Å². The van der Waals surface area contributed by atoms with Gasteiger partial charge in [-0.1, -0.05) is 13.0 Å². The minimum absolute atomic E-state index is 0.0430. The fraction of sp³-hybridized carbons (Fsp3) is 0.429. The second kappa shape index (κ2) is 7.76. The van der Waals surface area contributed by atoms with Gasteiger partial charge in [0.05, 0.1) is 31.1 Å². The van der Waals surface area contributed by atoms with Gasteiger partial charge in [-0.3, -0.25) is 14.7 Å². The number of carbonyl (C=O) groups is 1. The first-order valence-corrected chi connectivity index (χ1v) is 9.54. The number of aliphatic hydroxyl groups is 1. The average molecular weight is 367 g/mol. The van der Waals surface area contributed by atoms with Gasteiger partial charge in [0.1, 0.15) is 0 Å². The molecule has 6 nitrogen and oxygen atoms in total. The van der Waals surface area contributed by atoms with Crippen LogP contribution < -0.4 is 5.32 Å². The van der Waals surface area contributed by atoms with Crippen molar-refractivity contribution in [1.29, 1.82) is 0 Å². The number of nitrogens with one attached hydrogen (secondary N) is 1. The zero-order valence-corrected chi connectivity index (χ0v) is 15.6. The average Bonchev–Trinajstić information content (AvgIpc) is 3.27. The van der Waals surface area contributed by atoms with Crippen LogP contribution in [-0.4, -0.2) is 55.0 Å². The van der Waals surface area contributed by atoms with Crippen LogP contribution in [0.15, 0.2) is 40.5 Å². The van der Waals surface area contributed by atoms with Gasteiger partial charge in [0.15, 0.2) is 0 Å². The number of rotatable bonds is 5. The third kappa shape index (κ3) is 3.60. The lowest BCUT2D eigenvalue weighted by Gasteiger charge is -2.27. The van der Waals surface area contributed by atoms with Crippen LogP contribution in [0.1, 0.15) is 24.5 Å². The summed E-state index contributed by atoms with van der Waals surface area (Å²) in [5.41, 5.74) is 4.98. The van der Waals surface area contributed by atoms with Crippen molar-refractivity contribution in [2.45, 2.75) is 20.0 Å². The van der Waals surface area contributed by atoms with E-state index < -0.39 is 0 Å². The fourth-order valence-electron chi connectivity index (χ4n) is 3.92. The number of nitrogens with zero attached hydrogens (tertiary/aromatic N) is 2. The monoisotopic (exact) mass is 367 g/mol. The molecule has 3 aliphatic heterocycles. The Labute approximate surface area is 159 Å². The van der Waals surface area contributed by atoms with Gasteiger partial charge >= 0.3 is 0 Å². The van der Waals surface area contributed by atoms with Gasteiger partial charge in [-0.2, -0.15) is 0 Å². The first-order valence-electron chi connectivity index (χ1n) is 9.54. The summed E-state index contributed by atoms with van der Waals surface area (Å²) in [6.45, 7) is 6.42. The number of hydrogen-bond acceptors (Lipinski definition) is 5. The predicted octanol–water partition coefficient (Wildman–Crippen LogP) is 2.21. The third-order valence-electron chi connectivity index (χ3n) is 5.33. The third-order valence-corrected chi connectivity index (χ3v) is 5.33. The summed E-state index contributed by atoms with van der Waals surface area (Å²) in [5.74, 6) is 0.164. The zero-order chi connectivity index (χ0) is 18.8. The molecular weight excluding hydrogens is 342 g/mol. The Morgan fingerprint density at radius 2 is 2.19 bits per heavy atom. The molecule has 6 heteroatoms. The molecule has 3 aliphatic rings. The summed E-state index contributed by atoms with van der Waals surface area (Å²) in [7, 11) is 0. The van der Waals surface area contributed by atoms with Crippen molar-refractivity contribution < 1.29 is 14.6 Å². The number of ether oxygens (including phenoxy) is 1. The lowest BCUT2D eigenvalue weighted by Crippen LogP contribution is -2.39. The molecule has 1 fully saturated rings. The molecule has 0 spiro atoms. The summed E-state index contributed by atoms with van der Waals surface area (Å²) >= 11 is 0. The van der Waals surface area contributed by atoms with Gasteiger partial charge < -0.3 is 15.2 Å². The molecule has 1 saturated heterocycles. The second-order valence-corrected chi connectivity index (χ2v) is 7.11. The lowest BCUT2D eigenvalue weighted by atomic mass is 9.95. The van der Waals surface area contributed by atoms with Crippen LogP contribution in [0.3, 0.4) is 0 Å². The second-order valence-electron chi connectivity index (χ2n) is 7.11. The molecular formula is C21H25N3O3. The molecule has 3 heterocycles. The number of aliphatic hydroxyl groups excluding tert-OH is 1. The Bertz CT molecular complexity index is 835. The summed E-state index contributed by atoms with van der Waals surface area (Å²) in [6.07, 6.45) is 4.88. The number of allylic oxidation sites excluding steroid dienone is 1. The lowest BCUT2D eigenvalue weighted by molar-refractivity contribution is -0.110. The summed E-state index contributed by atoms with van der Waals surface area (Å²) in [4.78, 5) is 19.7. The van der Waals surface area contributed by atoms with E-state index in [2.05, 4.69) is 28.2 Å². The molecule has 1 atom stereocenters. The van der Waals surface area contributed by atoms with E-state index in [9.17, 15) is 9.90 Å². The molecule has 0 bridgehead atoms. The minimum atomic E-state index is -0.0929. The highest BCUT2D eigenvalue weighted by Gasteiger charge is 2.29. The Morgan fingerprint density at radius 3 is 2.93 bits per heavy atom. The molecule has 27 heavy (non-hydrogen) atoms. The maximum Gasteiger partial charge on any atom is 0.256 e. The molecule has 0 saturated carbocycles. The van der Waals surface area contributed by atoms with Gasteiger partial charge in [0, 0.05) is 43.0 Å². The zero-order valence-electron chi connectivity index (χ0n) is 15.6. The Morgan fingerprint density at radius 1 is 1.37 bits per heavy atom. The van der Waals surface area contributed by atoms with E-state index >= 15 is 0 Å². The molecule has 1 unspecified atom stereocenters. The Hall–Kier alpha value is -2.28. The number of fused-ring (bicyclic) bond motifs is 1. The van der Waals surface area contributed by atoms with Gasteiger partial charge in [0.25, 0.3) is 5.91 Å². The van der Waals surface area contributed by atoms with Gasteiger partial charge in [0.2, 0.25) is 0 Å². The highest BCUT2D eigenvalue weighted by molar-refractivity contribution is 6.32. The Balaban J connectivity index is 1.63. The highest BCUT2D eigenvalue weighted by Crippen LogP contribution is 2.38. The molecule has 0 radical (unpaired) electrons. The van der Waals surface area contributed by atoms with Crippen LogP contribution in [0.2, 0.25) is 0 Å². The van der Waals surface area contributed by atoms with Gasteiger partial charge in [-0.25, -0.2) is 0 Å². The maximum atomic E-state index is 12.7. The van der Waals surface area contributed by atoms with Crippen molar-refractivity contribution in [3.05, 3.63) is 46.7 Å². The SMILES string of the molecule is CCC(C1=CC(CN2CCOCC2)C=N1)=C1C(=O)Nc2ccc(CO)cc21. The molecule has 4 rings (SSSR count). The quantitative estimate of drug-likeness (QED) is 0.783. The number of benzene rings is 1. The predicted molar refractivity (Wildman–Crippen MR) is 106 cm³/mol. The summed E-state index contributed by atoms with van der Waals surface area (Å²) in [6, 6.07) is 5.58. The van der Waals surface area contributed by atoms with E-state index in [0.717, 1.165) is 67.4 Å². The van der Waals surface area contributed by atoms with Crippen molar-refractivity contribution in [2.75, 3.05) is 38.2 Å². The van der Waals surface area contributed by atoms with Crippen molar-refractivity contribution in [2.24, 2.45) is 10.9 Å². The van der Waals surface area contributed by atoms with E-state index in [0.29, 0.717) is 5.57 Å². The van der Waals surface area contributed by atoms with Crippen LogP contribution in [0, 0.1) is 5.92 Å². The number of aliphatic imine (C=N–C) groups is 1. The van der Waals surface area contributed by atoms with Crippen LogP contribution >= 0.6 is 0 Å². The van der Waals surface area contributed by atoms with Crippen molar-refractivity contribution in [3.8, 4) is 0 Å². The first kappa shape index (κ1) is 18.1. The number of morpholine rings is 1. The molecule has 1 aromatic rings. The molecule has 1 aromatic carbocycles. The van der Waals surface area contributed by atoms with E-state index in [4.69, 9.17) is 4.74 Å². The smallest absolute Gasteiger partial charge is 0.256 e. The summed E-state index contributed by atoms with van der Waals surface area (Å²) in [5, 5.41) is 12.4. The fourth-order valence-corrected chi connectivity index (χ4v) is 3.92. The minimum Gasteiger partial charge on any atom is -0.392 e. The molecule has 142 valence electrons. The number of amides is 1. The maximum absolute atomic E-state index is 12.7. The normalized spacial score (nSPS) is 24.0. The van der Waals surface area contributed by atoms with E-state index in [1.807, 2.05) is 24.4 Å². The van der Waals surface area contributed by atoms with Crippen LogP contribution in [0.4, 0.5) is 5.69 Å². The molecule has 0 aliphatic carbocycles. The first-order chi connectivity index (χ1) is 13.2. The van der Waals surface area contributed by atoms with Crippen LogP contribution in [0.25, 0.3) is 5.57 Å². The number of anilines is 1. The molecule has 1 amide bonds. The molecule has 0 aromatic heterocycles.